The van der Waals surface area contributed by atoms with Crippen LogP contribution in [0.4, 0.5) is 5.69 Å². The topological polar surface area (TPSA) is 12.0 Å². The van der Waals surface area contributed by atoms with E-state index >= 15 is 0 Å². The van der Waals surface area contributed by atoms with E-state index in [0.29, 0.717) is 5.02 Å². The van der Waals surface area contributed by atoms with E-state index in [2.05, 4.69) is 25.2 Å². The van der Waals surface area contributed by atoms with Crippen LogP contribution in [0.15, 0.2) is 23.8 Å². The largest absolute Gasteiger partial charge is 0.380 e. The van der Waals surface area contributed by atoms with Crippen LogP contribution >= 0.6 is 23.2 Å². The predicted molar refractivity (Wildman–Crippen MR) is 69.1 cm³/mol. The molecule has 0 aliphatic carbocycles. The van der Waals surface area contributed by atoms with Crippen LogP contribution < -0.4 is 5.32 Å². The summed E-state index contributed by atoms with van der Waals surface area (Å²) in [5.41, 5.74) is 3.15. The lowest BCUT2D eigenvalue weighted by Crippen LogP contribution is -1.99. The van der Waals surface area contributed by atoms with Gasteiger partial charge in [0.2, 0.25) is 0 Å². The highest BCUT2D eigenvalue weighted by atomic mass is 35.5. The zero-order valence-electron chi connectivity index (χ0n) is 9.20. The first-order chi connectivity index (χ1) is 7.00. The third kappa shape index (κ3) is 3.77. The molecule has 1 aromatic rings. The summed E-state index contributed by atoms with van der Waals surface area (Å²) < 4.78 is 0. The summed E-state index contributed by atoms with van der Waals surface area (Å²) in [5.74, 6) is 0. The number of aryl methyl sites for hydroxylation is 1. The smallest absolute Gasteiger partial charge is 0.0641 e. The Hall–Kier alpha value is -0.660. The van der Waals surface area contributed by atoms with Crippen LogP contribution in [0.25, 0.3) is 0 Å². The molecule has 0 heterocycles. The molecule has 0 amide bonds. The van der Waals surface area contributed by atoms with Gasteiger partial charge in [0, 0.05) is 11.6 Å². The number of allylic oxidation sites excluding steroid dienone is 1. The van der Waals surface area contributed by atoms with Crippen molar-refractivity contribution in [1.29, 1.82) is 0 Å². The van der Waals surface area contributed by atoms with E-state index in [1.165, 1.54) is 5.57 Å². The van der Waals surface area contributed by atoms with Crippen molar-refractivity contribution in [3.8, 4) is 0 Å². The molecule has 1 aromatic carbocycles. The quantitative estimate of drug-likeness (QED) is 0.761. The van der Waals surface area contributed by atoms with Gasteiger partial charge in [0.15, 0.2) is 0 Å². The van der Waals surface area contributed by atoms with E-state index in [9.17, 15) is 0 Å². The number of rotatable bonds is 3. The Bertz CT molecular complexity index is 379. The molecule has 0 aliphatic rings. The molecule has 0 unspecified atom stereocenters. The lowest BCUT2D eigenvalue weighted by Gasteiger charge is -2.08. The van der Waals surface area contributed by atoms with E-state index in [4.69, 9.17) is 23.2 Å². The monoisotopic (exact) mass is 243 g/mol. The highest BCUT2D eigenvalue weighted by molar-refractivity contribution is 6.35. The van der Waals surface area contributed by atoms with Crippen molar-refractivity contribution in [3.63, 3.8) is 0 Å². The zero-order valence-corrected chi connectivity index (χ0v) is 10.7. The van der Waals surface area contributed by atoms with Gasteiger partial charge >= 0.3 is 0 Å². The summed E-state index contributed by atoms with van der Waals surface area (Å²) >= 11 is 12.1. The second-order valence-corrected chi connectivity index (χ2v) is 4.56. The summed E-state index contributed by atoms with van der Waals surface area (Å²) in [4.78, 5) is 0. The van der Waals surface area contributed by atoms with Gasteiger partial charge < -0.3 is 5.32 Å². The molecule has 0 atom stereocenters. The zero-order chi connectivity index (χ0) is 11.4. The lowest BCUT2D eigenvalue weighted by atomic mass is 10.2. The molecule has 0 radical (unpaired) electrons. The summed E-state index contributed by atoms with van der Waals surface area (Å²) in [5, 5.41) is 4.66. The molecule has 0 spiro atoms. The van der Waals surface area contributed by atoms with Gasteiger partial charge in [0.1, 0.15) is 0 Å². The number of hydrogen-bond acceptors (Lipinski definition) is 1. The lowest BCUT2D eigenvalue weighted by molar-refractivity contribution is 1.26. The van der Waals surface area contributed by atoms with Gasteiger partial charge in [-0.3, -0.25) is 0 Å². The molecular formula is C12H15Cl2N. The van der Waals surface area contributed by atoms with Crippen LogP contribution in [-0.2, 0) is 0 Å². The Kier molecular flexibility index (Phi) is 4.49. The molecule has 0 aliphatic heterocycles. The summed E-state index contributed by atoms with van der Waals surface area (Å²) in [6, 6.07) is 3.73. The summed E-state index contributed by atoms with van der Waals surface area (Å²) in [6.45, 7) is 6.83. The fourth-order valence-electron chi connectivity index (χ4n) is 1.15. The molecule has 1 N–H and O–H groups in total. The summed E-state index contributed by atoms with van der Waals surface area (Å²) in [7, 11) is 0. The Morgan fingerprint density at radius 2 is 1.93 bits per heavy atom. The molecule has 0 bridgehead atoms. The van der Waals surface area contributed by atoms with E-state index in [0.717, 1.165) is 22.8 Å². The number of benzene rings is 1. The molecule has 1 rings (SSSR count). The van der Waals surface area contributed by atoms with Crippen LogP contribution in [0.2, 0.25) is 10.0 Å². The fraction of sp³-hybridized carbons (Fsp3) is 0.333. The van der Waals surface area contributed by atoms with Gasteiger partial charge in [-0.1, -0.05) is 34.9 Å². The molecule has 3 heteroatoms. The van der Waals surface area contributed by atoms with Gasteiger partial charge in [0.05, 0.1) is 10.7 Å². The number of nitrogens with one attached hydrogen (secondary N) is 1. The standard InChI is InChI=1S/C12H15Cl2N/c1-8(2)4-5-15-12-7-10(13)9(3)6-11(12)14/h4,6-7,15H,5H2,1-3H3. The van der Waals surface area contributed by atoms with E-state index in [1.807, 2.05) is 19.1 Å². The van der Waals surface area contributed by atoms with Crippen molar-refractivity contribution in [2.75, 3.05) is 11.9 Å². The van der Waals surface area contributed by atoms with Crippen molar-refractivity contribution >= 4 is 28.9 Å². The van der Waals surface area contributed by atoms with E-state index in [-0.39, 0.29) is 0 Å². The fourth-order valence-corrected chi connectivity index (χ4v) is 1.60. The summed E-state index contributed by atoms with van der Waals surface area (Å²) in [6.07, 6.45) is 2.10. The molecular weight excluding hydrogens is 229 g/mol. The molecule has 15 heavy (non-hydrogen) atoms. The third-order valence-corrected chi connectivity index (χ3v) is 2.77. The molecule has 0 saturated heterocycles. The van der Waals surface area contributed by atoms with Crippen LogP contribution in [0.1, 0.15) is 19.4 Å². The van der Waals surface area contributed by atoms with Crippen LogP contribution in [-0.4, -0.2) is 6.54 Å². The maximum Gasteiger partial charge on any atom is 0.0641 e. The average molecular weight is 244 g/mol. The minimum Gasteiger partial charge on any atom is -0.380 e. The predicted octanol–water partition coefficient (Wildman–Crippen LogP) is 4.68. The van der Waals surface area contributed by atoms with Crippen LogP contribution in [0.5, 0.6) is 0 Å². The average Bonchev–Trinajstić information content (AvgIpc) is 2.13. The molecule has 0 saturated carbocycles. The Balaban J connectivity index is 2.77. The Morgan fingerprint density at radius 3 is 2.53 bits per heavy atom. The minimum absolute atomic E-state index is 0.707. The molecule has 1 nitrogen and oxygen atoms in total. The second kappa shape index (κ2) is 5.43. The van der Waals surface area contributed by atoms with Crippen molar-refractivity contribution < 1.29 is 0 Å². The number of anilines is 1. The molecule has 0 fully saturated rings. The van der Waals surface area contributed by atoms with Crippen molar-refractivity contribution in [2.45, 2.75) is 20.8 Å². The van der Waals surface area contributed by atoms with Gasteiger partial charge in [-0.05, 0) is 38.5 Å². The first kappa shape index (κ1) is 12.4. The van der Waals surface area contributed by atoms with Crippen LogP contribution in [0, 0.1) is 6.92 Å². The van der Waals surface area contributed by atoms with Crippen molar-refractivity contribution in [3.05, 3.63) is 39.4 Å². The van der Waals surface area contributed by atoms with E-state index in [1.54, 1.807) is 0 Å². The Labute approximate surface area is 101 Å². The minimum atomic E-state index is 0.707. The highest BCUT2D eigenvalue weighted by Crippen LogP contribution is 2.28. The van der Waals surface area contributed by atoms with Gasteiger partial charge in [-0.25, -0.2) is 0 Å². The van der Waals surface area contributed by atoms with Gasteiger partial charge in [-0.15, -0.1) is 0 Å². The maximum absolute atomic E-state index is 6.07. The van der Waals surface area contributed by atoms with Crippen molar-refractivity contribution in [1.82, 2.24) is 0 Å². The number of hydrogen-bond donors (Lipinski definition) is 1. The molecule has 0 aromatic heterocycles. The van der Waals surface area contributed by atoms with Crippen molar-refractivity contribution in [2.24, 2.45) is 0 Å². The third-order valence-electron chi connectivity index (χ3n) is 2.05. The second-order valence-electron chi connectivity index (χ2n) is 3.74. The molecule has 82 valence electrons. The Morgan fingerprint density at radius 1 is 1.27 bits per heavy atom. The van der Waals surface area contributed by atoms with Gasteiger partial charge in [-0.2, -0.15) is 0 Å². The van der Waals surface area contributed by atoms with Crippen LogP contribution in [0.3, 0.4) is 0 Å². The maximum atomic E-state index is 6.07. The SMILES string of the molecule is CC(C)=CCNc1cc(Cl)c(C)cc1Cl. The number of halogens is 2. The highest BCUT2D eigenvalue weighted by Gasteiger charge is 2.03. The van der Waals surface area contributed by atoms with Gasteiger partial charge in [0.25, 0.3) is 0 Å². The van der Waals surface area contributed by atoms with E-state index < -0.39 is 0 Å². The first-order valence-corrected chi connectivity index (χ1v) is 5.59. The normalized spacial score (nSPS) is 9.93. The first-order valence-electron chi connectivity index (χ1n) is 4.83.